The van der Waals surface area contributed by atoms with E-state index in [2.05, 4.69) is 17.0 Å². The molecule has 162 valence electrons. The highest BCUT2D eigenvalue weighted by Crippen LogP contribution is 2.25. The molecule has 0 N–H and O–H groups in total. The van der Waals surface area contributed by atoms with Crippen LogP contribution >= 0.6 is 23.2 Å². The third kappa shape index (κ3) is 5.68. The van der Waals surface area contributed by atoms with E-state index in [0.717, 1.165) is 40.1 Å². The lowest BCUT2D eigenvalue weighted by molar-refractivity contribution is -0.113. The van der Waals surface area contributed by atoms with Crippen LogP contribution in [0.1, 0.15) is 16.7 Å². The van der Waals surface area contributed by atoms with Gasteiger partial charge in [0.15, 0.2) is 5.78 Å². The molecule has 3 aromatic carbocycles. The zero-order valence-corrected chi connectivity index (χ0v) is 19.2. The Morgan fingerprint density at radius 3 is 1.69 bits per heavy atom. The lowest BCUT2D eigenvalue weighted by atomic mass is 9.94. The number of carbonyl (C=O) groups excluding carboxylic acids is 1. The Morgan fingerprint density at radius 1 is 0.781 bits per heavy atom. The molecule has 32 heavy (non-hydrogen) atoms. The molecular weight excluding hydrogens is 441 g/mol. The number of hydrogen-bond acceptors (Lipinski definition) is 3. The topological polar surface area (TPSA) is 29.5 Å². The molecule has 0 aliphatic carbocycles. The van der Waals surface area contributed by atoms with E-state index in [0.29, 0.717) is 23.1 Å². The molecule has 3 nitrogen and oxygen atoms in total. The molecule has 0 amide bonds. The standard InChI is InChI=1S/C27H23Cl2NO2/c1-32-26-12-6-21(7-13-26)16-30-17-22(14-19-2-8-24(28)9-3-19)27(31)23(18-30)15-20-4-10-25(29)11-5-20/h2-15H,16-18H2,1H3/b22-14+,23-15+. The van der Waals surface area contributed by atoms with Crippen LogP contribution in [-0.4, -0.2) is 30.9 Å². The number of carbonyl (C=O) groups is 1. The quantitative estimate of drug-likeness (QED) is 0.401. The molecular formula is C27H23Cl2NO2. The summed E-state index contributed by atoms with van der Waals surface area (Å²) in [7, 11) is 1.66. The summed E-state index contributed by atoms with van der Waals surface area (Å²) in [4.78, 5) is 15.6. The first kappa shape index (κ1) is 22.3. The van der Waals surface area contributed by atoms with Gasteiger partial charge in [0.1, 0.15) is 5.75 Å². The van der Waals surface area contributed by atoms with Crippen molar-refractivity contribution < 1.29 is 9.53 Å². The van der Waals surface area contributed by atoms with E-state index in [-0.39, 0.29) is 5.78 Å². The van der Waals surface area contributed by atoms with Gasteiger partial charge in [0.2, 0.25) is 0 Å². The molecule has 0 spiro atoms. The summed E-state index contributed by atoms with van der Waals surface area (Å²) in [5.41, 5.74) is 4.58. The number of nitrogens with zero attached hydrogens (tertiary/aromatic N) is 1. The van der Waals surface area contributed by atoms with Gasteiger partial charge in [0.25, 0.3) is 0 Å². The van der Waals surface area contributed by atoms with E-state index in [1.54, 1.807) is 7.11 Å². The summed E-state index contributed by atoms with van der Waals surface area (Å²) >= 11 is 12.0. The third-order valence-electron chi connectivity index (χ3n) is 5.36. The normalized spacial score (nSPS) is 17.2. The van der Waals surface area contributed by atoms with E-state index in [1.807, 2.05) is 72.8 Å². The fraction of sp³-hybridized carbons (Fsp3) is 0.148. The Kier molecular flexibility index (Phi) is 7.11. The fourth-order valence-corrected chi connectivity index (χ4v) is 3.98. The second kappa shape index (κ2) is 10.2. The van der Waals surface area contributed by atoms with Crippen molar-refractivity contribution in [2.24, 2.45) is 0 Å². The Bertz CT molecular complexity index is 1080. The van der Waals surface area contributed by atoms with Crippen LogP contribution in [0.5, 0.6) is 5.75 Å². The number of piperidine rings is 1. The van der Waals surface area contributed by atoms with Crippen molar-refractivity contribution in [3.63, 3.8) is 0 Å². The Labute approximate surface area is 198 Å². The number of likely N-dealkylation sites (tertiary alicyclic amines) is 1. The number of ketones is 1. The molecule has 5 heteroatoms. The number of benzene rings is 3. The average Bonchev–Trinajstić information content (AvgIpc) is 2.80. The first-order chi connectivity index (χ1) is 15.5. The second-order valence-corrected chi connectivity index (χ2v) is 8.64. The summed E-state index contributed by atoms with van der Waals surface area (Å²) in [5, 5.41) is 1.35. The van der Waals surface area contributed by atoms with Crippen LogP contribution in [0.15, 0.2) is 83.9 Å². The van der Waals surface area contributed by atoms with Gasteiger partial charge in [-0.05, 0) is 65.2 Å². The predicted molar refractivity (Wildman–Crippen MR) is 132 cm³/mol. The SMILES string of the molecule is COc1ccc(CN2C/C(=C\c3ccc(Cl)cc3)C(=O)/C(=C/c3ccc(Cl)cc3)C2)cc1. The van der Waals surface area contributed by atoms with Crippen molar-refractivity contribution in [1.82, 2.24) is 4.90 Å². The van der Waals surface area contributed by atoms with Gasteiger partial charge < -0.3 is 4.74 Å². The van der Waals surface area contributed by atoms with E-state index in [9.17, 15) is 4.79 Å². The largest absolute Gasteiger partial charge is 0.497 e. The van der Waals surface area contributed by atoms with Gasteiger partial charge in [-0.15, -0.1) is 0 Å². The molecule has 1 aliphatic rings. The minimum atomic E-state index is 0.0703. The number of ether oxygens (including phenoxy) is 1. The first-order valence-electron chi connectivity index (χ1n) is 10.3. The molecule has 1 aliphatic heterocycles. The lowest BCUT2D eigenvalue weighted by Crippen LogP contribution is -2.37. The van der Waals surface area contributed by atoms with Crippen LogP contribution in [-0.2, 0) is 11.3 Å². The zero-order chi connectivity index (χ0) is 22.5. The number of Topliss-reactive ketones (excluding diaryl/α,β-unsaturated/α-hetero) is 1. The van der Waals surface area contributed by atoms with Crippen LogP contribution in [0.3, 0.4) is 0 Å². The molecule has 1 heterocycles. The second-order valence-electron chi connectivity index (χ2n) is 7.76. The first-order valence-corrected chi connectivity index (χ1v) is 11.1. The maximum absolute atomic E-state index is 13.3. The number of rotatable bonds is 5. The third-order valence-corrected chi connectivity index (χ3v) is 5.86. The molecule has 1 fully saturated rings. The summed E-state index contributed by atoms with van der Waals surface area (Å²) in [5.74, 6) is 0.898. The van der Waals surface area contributed by atoms with Gasteiger partial charge in [0, 0.05) is 40.8 Å². The average molecular weight is 464 g/mol. The number of hydrogen-bond donors (Lipinski definition) is 0. The molecule has 1 saturated heterocycles. The van der Waals surface area contributed by atoms with Crippen molar-refractivity contribution in [3.05, 3.63) is 111 Å². The van der Waals surface area contributed by atoms with Crippen LogP contribution in [0, 0.1) is 0 Å². The molecule has 0 aromatic heterocycles. The van der Waals surface area contributed by atoms with Gasteiger partial charge in [-0.1, -0.05) is 59.6 Å². The molecule has 0 bridgehead atoms. The Hall–Kier alpha value is -2.85. The van der Waals surface area contributed by atoms with E-state index >= 15 is 0 Å². The summed E-state index contributed by atoms with van der Waals surface area (Å²) in [6.45, 7) is 1.88. The Balaban J connectivity index is 1.64. The maximum atomic E-state index is 13.3. The van der Waals surface area contributed by atoms with Gasteiger partial charge in [0.05, 0.1) is 7.11 Å². The summed E-state index contributed by atoms with van der Waals surface area (Å²) < 4.78 is 5.26. The molecule has 3 aromatic rings. The van der Waals surface area contributed by atoms with Gasteiger partial charge in [-0.25, -0.2) is 0 Å². The number of halogens is 2. The maximum Gasteiger partial charge on any atom is 0.187 e. The minimum Gasteiger partial charge on any atom is -0.497 e. The lowest BCUT2D eigenvalue weighted by Gasteiger charge is -2.30. The number of methoxy groups -OCH3 is 1. The molecule has 0 atom stereocenters. The summed E-state index contributed by atoms with van der Waals surface area (Å²) in [6.07, 6.45) is 3.91. The molecule has 4 rings (SSSR count). The van der Waals surface area contributed by atoms with Crippen molar-refractivity contribution >= 4 is 41.1 Å². The molecule has 0 saturated carbocycles. The summed E-state index contributed by atoms with van der Waals surface area (Å²) in [6, 6.07) is 23.1. The zero-order valence-electron chi connectivity index (χ0n) is 17.7. The highest BCUT2D eigenvalue weighted by atomic mass is 35.5. The van der Waals surface area contributed by atoms with Crippen LogP contribution in [0.25, 0.3) is 12.2 Å². The van der Waals surface area contributed by atoms with E-state index < -0.39 is 0 Å². The smallest absolute Gasteiger partial charge is 0.187 e. The molecule has 0 unspecified atom stereocenters. The highest BCUT2D eigenvalue weighted by molar-refractivity contribution is 6.30. The van der Waals surface area contributed by atoms with Crippen molar-refractivity contribution in [1.29, 1.82) is 0 Å². The van der Waals surface area contributed by atoms with Crippen LogP contribution in [0.4, 0.5) is 0 Å². The monoisotopic (exact) mass is 463 g/mol. The van der Waals surface area contributed by atoms with E-state index in [1.165, 1.54) is 0 Å². The van der Waals surface area contributed by atoms with Crippen LogP contribution in [0.2, 0.25) is 10.0 Å². The minimum absolute atomic E-state index is 0.0703. The van der Waals surface area contributed by atoms with Crippen LogP contribution < -0.4 is 4.74 Å². The van der Waals surface area contributed by atoms with E-state index in [4.69, 9.17) is 27.9 Å². The van der Waals surface area contributed by atoms with Crippen molar-refractivity contribution in [2.75, 3.05) is 20.2 Å². The highest BCUT2D eigenvalue weighted by Gasteiger charge is 2.26. The van der Waals surface area contributed by atoms with Gasteiger partial charge >= 0.3 is 0 Å². The van der Waals surface area contributed by atoms with Gasteiger partial charge in [-0.3, -0.25) is 9.69 Å². The van der Waals surface area contributed by atoms with Gasteiger partial charge in [-0.2, -0.15) is 0 Å². The Morgan fingerprint density at radius 2 is 1.25 bits per heavy atom. The van der Waals surface area contributed by atoms with Crippen molar-refractivity contribution in [2.45, 2.75) is 6.54 Å². The molecule has 0 radical (unpaired) electrons. The van der Waals surface area contributed by atoms with Crippen molar-refractivity contribution in [3.8, 4) is 5.75 Å². The fourth-order valence-electron chi connectivity index (χ4n) is 3.73. The predicted octanol–water partition coefficient (Wildman–Crippen LogP) is 6.55.